The van der Waals surface area contributed by atoms with Crippen LogP contribution in [0.25, 0.3) is 0 Å². The number of esters is 3. The molecule has 0 spiro atoms. The second kappa shape index (κ2) is 55.4. The van der Waals surface area contributed by atoms with Gasteiger partial charge in [-0.25, -0.2) is 0 Å². The zero-order valence-corrected chi connectivity index (χ0v) is 44.2. The first-order valence-corrected chi connectivity index (χ1v) is 28.5. The zero-order valence-electron chi connectivity index (χ0n) is 44.2. The fourth-order valence-electron chi connectivity index (χ4n) is 7.97. The summed E-state index contributed by atoms with van der Waals surface area (Å²) < 4.78 is 16.8. The van der Waals surface area contributed by atoms with E-state index in [-0.39, 0.29) is 31.1 Å². The fourth-order valence-corrected chi connectivity index (χ4v) is 7.97. The van der Waals surface area contributed by atoms with Crippen LogP contribution in [-0.4, -0.2) is 37.2 Å². The molecule has 0 saturated heterocycles. The molecule has 0 saturated carbocycles. The average Bonchev–Trinajstić information content (AvgIpc) is 3.33. The van der Waals surface area contributed by atoms with Gasteiger partial charge in [0.2, 0.25) is 0 Å². The lowest BCUT2D eigenvalue weighted by Gasteiger charge is -2.18. The van der Waals surface area contributed by atoms with Gasteiger partial charge in [-0.2, -0.15) is 0 Å². The van der Waals surface area contributed by atoms with Crippen LogP contribution in [0.5, 0.6) is 0 Å². The van der Waals surface area contributed by atoms with Gasteiger partial charge in [-0.3, -0.25) is 14.4 Å². The minimum atomic E-state index is -0.793. The number of hydrogen-bond acceptors (Lipinski definition) is 6. The van der Waals surface area contributed by atoms with Crippen molar-refractivity contribution in [1.29, 1.82) is 0 Å². The van der Waals surface area contributed by atoms with Gasteiger partial charge < -0.3 is 14.2 Å². The molecule has 6 nitrogen and oxygen atoms in total. The van der Waals surface area contributed by atoms with E-state index in [0.717, 1.165) is 103 Å². The van der Waals surface area contributed by atoms with Crippen molar-refractivity contribution in [3.63, 3.8) is 0 Å². The van der Waals surface area contributed by atoms with E-state index in [4.69, 9.17) is 14.2 Å². The molecule has 0 radical (unpaired) electrons. The van der Waals surface area contributed by atoms with Crippen LogP contribution in [0.3, 0.4) is 0 Å². The summed E-state index contributed by atoms with van der Waals surface area (Å²) >= 11 is 0. The molecule has 0 amide bonds. The Morgan fingerprint density at radius 3 is 0.955 bits per heavy atom. The van der Waals surface area contributed by atoms with Gasteiger partial charge in [0.25, 0.3) is 0 Å². The summed E-state index contributed by atoms with van der Waals surface area (Å²) in [4.78, 5) is 38.1. The van der Waals surface area contributed by atoms with E-state index in [1.165, 1.54) is 135 Å². The van der Waals surface area contributed by atoms with Crippen molar-refractivity contribution < 1.29 is 28.6 Å². The third-order valence-electron chi connectivity index (χ3n) is 12.3. The van der Waals surface area contributed by atoms with E-state index in [9.17, 15) is 14.4 Å². The van der Waals surface area contributed by atoms with E-state index in [2.05, 4.69) is 75.5 Å². The normalized spacial score (nSPS) is 12.6. The number of carbonyl (C=O) groups is 3. The molecule has 0 bridgehead atoms. The summed E-state index contributed by atoms with van der Waals surface area (Å²) in [6, 6.07) is 0. The Bertz CT molecular complexity index is 1260. The molecule has 386 valence electrons. The highest BCUT2D eigenvalue weighted by atomic mass is 16.6. The second-order valence-corrected chi connectivity index (χ2v) is 18.9. The molecule has 67 heavy (non-hydrogen) atoms. The third kappa shape index (κ3) is 53.7. The van der Waals surface area contributed by atoms with E-state index in [1.807, 2.05) is 18.2 Å². The maximum atomic E-state index is 12.8. The predicted molar refractivity (Wildman–Crippen MR) is 288 cm³/mol. The van der Waals surface area contributed by atoms with Gasteiger partial charge >= 0.3 is 17.9 Å². The topological polar surface area (TPSA) is 78.9 Å². The van der Waals surface area contributed by atoms with Crippen molar-refractivity contribution in [2.24, 2.45) is 0 Å². The molecule has 0 aromatic rings. The summed E-state index contributed by atoms with van der Waals surface area (Å²) in [7, 11) is 0. The molecule has 0 aliphatic heterocycles. The summed E-state index contributed by atoms with van der Waals surface area (Å²) in [6.07, 6.45) is 70.3. The van der Waals surface area contributed by atoms with Crippen LogP contribution in [0.2, 0.25) is 0 Å². The zero-order chi connectivity index (χ0) is 48.6. The van der Waals surface area contributed by atoms with Crippen LogP contribution in [0.15, 0.2) is 72.9 Å². The molecular formula is C61H106O6. The molecule has 0 aromatic heterocycles. The van der Waals surface area contributed by atoms with Crippen LogP contribution in [-0.2, 0) is 28.6 Å². The Hall–Kier alpha value is -3.15. The Kier molecular flexibility index (Phi) is 52.8. The standard InChI is InChI=1S/C61H106O6/c1-4-7-10-13-16-19-22-25-28-30-31-34-36-39-42-45-48-51-54-60(63)66-57-58(56-65-59(62)53-50-47-44-41-38-35-32-27-24-21-18-15-12-9-6-3)67-61(64)55-52-49-46-43-40-37-33-29-26-23-20-17-14-11-8-5-2/h9,12,15,18,21,24,27,29,31-34,58H,4-8,10-11,13-14,16-17,19-20,22-23,25-26,28,30,35-57H2,1-3H3/b12-9-,18-15-,24-21-,32-27-,33-29-,34-31-. The molecular weight excluding hydrogens is 829 g/mol. The lowest BCUT2D eigenvalue weighted by atomic mass is 10.1. The van der Waals surface area contributed by atoms with E-state index in [0.29, 0.717) is 19.3 Å². The first-order chi connectivity index (χ1) is 33.0. The molecule has 0 aliphatic carbocycles. The van der Waals surface area contributed by atoms with Gasteiger partial charge in [-0.15, -0.1) is 0 Å². The van der Waals surface area contributed by atoms with E-state index in [1.54, 1.807) is 0 Å². The molecule has 0 aliphatic rings. The largest absolute Gasteiger partial charge is 0.462 e. The van der Waals surface area contributed by atoms with Gasteiger partial charge in [0.1, 0.15) is 13.2 Å². The van der Waals surface area contributed by atoms with Crippen molar-refractivity contribution in [1.82, 2.24) is 0 Å². The van der Waals surface area contributed by atoms with Crippen LogP contribution in [0.1, 0.15) is 278 Å². The summed E-state index contributed by atoms with van der Waals surface area (Å²) in [6.45, 7) is 6.48. The lowest BCUT2D eigenvalue weighted by molar-refractivity contribution is -0.167. The van der Waals surface area contributed by atoms with Crippen LogP contribution < -0.4 is 0 Å². The lowest BCUT2D eigenvalue weighted by Crippen LogP contribution is -2.30. The summed E-state index contributed by atoms with van der Waals surface area (Å²) in [5, 5.41) is 0. The quantitative estimate of drug-likeness (QED) is 0.0199. The number of ether oxygens (including phenoxy) is 3. The highest BCUT2D eigenvalue weighted by Gasteiger charge is 2.19. The first-order valence-electron chi connectivity index (χ1n) is 28.5. The molecule has 0 fully saturated rings. The summed E-state index contributed by atoms with van der Waals surface area (Å²) in [5.41, 5.74) is 0. The van der Waals surface area contributed by atoms with Gasteiger partial charge in [-0.1, -0.05) is 241 Å². The molecule has 0 N–H and O–H groups in total. The van der Waals surface area contributed by atoms with Crippen molar-refractivity contribution in [2.75, 3.05) is 13.2 Å². The fraction of sp³-hybridized carbons (Fsp3) is 0.754. The molecule has 6 heteroatoms. The van der Waals surface area contributed by atoms with Gasteiger partial charge in [0, 0.05) is 19.3 Å². The minimum absolute atomic E-state index is 0.0903. The van der Waals surface area contributed by atoms with Crippen LogP contribution in [0.4, 0.5) is 0 Å². The number of unbranched alkanes of at least 4 members (excludes halogenated alkanes) is 31. The minimum Gasteiger partial charge on any atom is -0.462 e. The highest BCUT2D eigenvalue weighted by Crippen LogP contribution is 2.15. The van der Waals surface area contributed by atoms with Crippen molar-refractivity contribution in [3.05, 3.63) is 72.9 Å². The van der Waals surface area contributed by atoms with E-state index >= 15 is 0 Å². The SMILES string of the molecule is CC\C=C/C=C\C=C/C=C\CCCCCCCC(=O)OCC(COC(=O)CCCCCCC/C=C\CCCCCCCCCCC)OC(=O)CCCCCCC/C=C\CCCCCCCCC. The molecule has 0 heterocycles. The maximum Gasteiger partial charge on any atom is 0.306 e. The highest BCUT2D eigenvalue weighted by molar-refractivity contribution is 5.71. The number of carbonyl (C=O) groups excluding carboxylic acids is 3. The number of allylic oxidation sites excluding steroid dienone is 12. The van der Waals surface area contributed by atoms with Crippen molar-refractivity contribution >= 4 is 17.9 Å². The van der Waals surface area contributed by atoms with Crippen LogP contribution >= 0.6 is 0 Å². The Morgan fingerprint density at radius 1 is 0.313 bits per heavy atom. The second-order valence-electron chi connectivity index (χ2n) is 18.9. The Morgan fingerprint density at radius 2 is 0.597 bits per heavy atom. The molecule has 0 aromatic carbocycles. The van der Waals surface area contributed by atoms with E-state index < -0.39 is 6.10 Å². The monoisotopic (exact) mass is 935 g/mol. The Labute approximate surface area is 414 Å². The smallest absolute Gasteiger partial charge is 0.306 e. The third-order valence-corrected chi connectivity index (χ3v) is 12.3. The molecule has 1 atom stereocenters. The Balaban J connectivity index is 4.42. The van der Waals surface area contributed by atoms with Gasteiger partial charge in [0.05, 0.1) is 0 Å². The summed E-state index contributed by atoms with van der Waals surface area (Å²) in [5.74, 6) is -0.923. The van der Waals surface area contributed by atoms with Crippen molar-refractivity contribution in [2.45, 2.75) is 284 Å². The molecule has 1 unspecified atom stereocenters. The van der Waals surface area contributed by atoms with Crippen LogP contribution in [0, 0.1) is 0 Å². The predicted octanol–water partition coefficient (Wildman–Crippen LogP) is 19.0. The first kappa shape index (κ1) is 63.8. The van der Waals surface area contributed by atoms with Gasteiger partial charge in [-0.05, 0) is 89.9 Å². The number of hydrogen-bond donors (Lipinski definition) is 0. The van der Waals surface area contributed by atoms with Crippen molar-refractivity contribution in [3.8, 4) is 0 Å². The van der Waals surface area contributed by atoms with Gasteiger partial charge in [0.15, 0.2) is 6.10 Å². The maximum absolute atomic E-state index is 12.8. The number of rotatable bonds is 51. The average molecular weight is 936 g/mol. The molecule has 0 rings (SSSR count).